The predicted octanol–water partition coefficient (Wildman–Crippen LogP) is -0.878. The first-order valence-electron chi connectivity index (χ1n) is 8.68. The molecular formula is C16H24N4O4. The summed E-state index contributed by atoms with van der Waals surface area (Å²) in [5.41, 5.74) is 5.40. The molecule has 3 aliphatic rings. The minimum absolute atomic E-state index is 0.124. The van der Waals surface area contributed by atoms with E-state index in [1.165, 1.54) is 4.90 Å². The molecule has 0 spiro atoms. The summed E-state index contributed by atoms with van der Waals surface area (Å²) in [7, 11) is 0. The second-order valence-electron chi connectivity index (χ2n) is 6.79. The van der Waals surface area contributed by atoms with Crippen molar-refractivity contribution in [2.45, 2.75) is 63.1 Å². The number of primary amides is 1. The first-order chi connectivity index (χ1) is 11.5. The normalized spacial score (nSPS) is 30.3. The number of carbonyl (C=O) groups is 4. The smallest absolute Gasteiger partial charge is 0.246 e. The molecule has 0 saturated carbocycles. The van der Waals surface area contributed by atoms with Crippen LogP contribution >= 0.6 is 0 Å². The summed E-state index contributed by atoms with van der Waals surface area (Å²) < 4.78 is 0. The van der Waals surface area contributed by atoms with Gasteiger partial charge in [0.2, 0.25) is 23.6 Å². The topological polar surface area (TPSA) is 113 Å². The van der Waals surface area contributed by atoms with Crippen molar-refractivity contribution in [3.63, 3.8) is 0 Å². The maximum absolute atomic E-state index is 12.9. The van der Waals surface area contributed by atoms with E-state index in [0.29, 0.717) is 38.8 Å². The fourth-order valence-electron chi connectivity index (χ4n) is 3.97. The average molecular weight is 336 g/mol. The van der Waals surface area contributed by atoms with Gasteiger partial charge >= 0.3 is 0 Å². The number of amides is 4. The molecule has 8 nitrogen and oxygen atoms in total. The van der Waals surface area contributed by atoms with Crippen LogP contribution in [0.15, 0.2) is 0 Å². The van der Waals surface area contributed by atoms with Crippen LogP contribution in [0.25, 0.3) is 0 Å². The third-order valence-electron chi connectivity index (χ3n) is 5.23. The van der Waals surface area contributed by atoms with E-state index in [1.54, 1.807) is 4.90 Å². The molecule has 0 aromatic rings. The molecule has 4 amide bonds. The SMILES string of the molecule is NC(=O)[C@@H]1CCCN1C(=O)[C@@H]1CCCCN1C(=O)[C@@H]1CCC(=O)N1. The maximum Gasteiger partial charge on any atom is 0.246 e. The van der Waals surface area contributed by atoms with E-state index in [0.717, 1.165) is 19.3 Å². The lowest BCUT2D eigenvalue weighted by Gasteiger charge is -2.38. The summed E-state index contributed by atoms with van der Waals surface area (Å²) in [6.07, 6.45) is 4.45. The number of nitrogens with two attached hydrogens (primary N) is 1. The van der Waals surface area contributed by atoms with Crippen LogP contribution < -0.4 is 11.1 Å². The Labute approximate surface area is 140 Å². The highest BCUT2D eigenvalue weighted by atomic mass is 16.2. The number of nitrogens with one attached hydrogen (secondary N) is 1. The van der Waals surface area contributed by atoms with Crippen molar-refractivity contribution in [3.05, 3.63) is 0 Å². The van der Waals surface area contributed by atoms with Gasteiger partial charge in [-0.2, -0.15) is 0 Å². The van der Waals surface area contributed by atoms with E-state index in [-0.39, 0.29) is 17.7 Å². The number of nitrogens with zero attached hydrogens (tertiary/aromatic N) is 2. The Bertz CT molecular complexity index is 564. The van der Waals surface area contributed by atoms with Crippen LogP contribution in [0.4, 0.5) is 0 Å². The van der Waals surface area contributed by atoms with Crippen molar-refractivity contribution in [1.82, 2.24) is 15.1 Å². The number of hydrogen-bond donors (Lipinski definition) is 2. The Kier molecular flexibility index (Phi) is 4.73. The molecule has 0 unspecified atom stereocenters. The molecule has 3 N–H and O–H groups in total. The highest BCUT2D eigenvalue weighted by Crippen LogP contribution is 2.25. The fraction of sp³-hybridized carbons (Fsp3) is 0.750. The standard InChI is InChI=1S/C16H24N4O4/c17-14(22)11-5-3-9-19(11)16(24)12-4-1-2-8-20(12)15(23)10-6-7-13(21)18-10/h10-12H,1-9H2,(H2,17,22)(H,18,21)/t10-,11-,12-/m0/s1. The molecule has 0 radical (unpaired) electrons. The number of carbonyl (C=O) groups excluding carboxylic acids is 4. The Morgan fingerprint density at radius 3 is 2.25 bits per heavy atom. The monoisotopic (exact) mass is 336 g/mol. The second-order valence-corrected chi connectivity index (χ2v) is 6.79. The highest BCUT2D eigenvalue weighted by molar-refractivity contribution is 5.95. The van der Waals surface area contributed by atoms with E-state index in [4.69, 9.17) is 5.73 Å². The number of hydrogen-bond acceptors (Lipinski definition) is 4. The summed E-state index contributed by atoms with van der Waals surface area (Å²) >= 11 is 0. The summed E-state index contributed by atoms with van der Waals surface area (Å²) in [5.74, 6) is -0.985. The molecule has 0 bridgehead atoms. The van der Waals surface area contributed by atoms with Gasteiger partial charge in [0, 0.05) is 19.5 Å². The minimum atomic E-state index is -0.567. The van der Waals surface area contributed by atoms with Gasteiger partial charge in [-0.1, -0.05) is 0 Å². The number of piperidine rings is 1. The highest BCUT2D eigenvalue weighted by Gasteiger charge is 2.42. The molecule has 3 atom stereocenters. The molecule has 3 aliphatic heterocycles. The third kappa shape index (κ3) is 3.09. The van der Waals surface area contributed by atoms with Crippen LogP contribution in [0.2, 0.25) is 0 Å². The van der Waals surface area contributed by atoms with E-state index in [9.17, 15) is 19.2 Å². The zero-order valence-electron chi connectivity index (χ0n) is 13.7. The Hall–Kier alpha value is -2.12. The Morgan fingerprint density at radius 1 is 0.917 bits per heavy atom. The molecule has 3 fully saturated rings. The quantitative estimate of drug-likeness (QED) is 0.697. The predicted molar refractivity (Wildman–Crippen MR) is 84.4 cm³/mol. The minimum Gasteiger partial charge on any atom is -0.368 e. The van der Waals surface area contributed by atoms with Crippen LogP contribution in [-0.4, -0.2) is 64.6 Å². The largest absolute Gasteiger partial charge is 0.368 e. The van der Waals surface area contributed by atoms with E-state index < -0.39 is 24.0 Å². The molecule has 0 aromatic heterocycles. The van der Waals surface area contributed by atoms with Crippen molar-refractivity contribution in [2.75, 3.05) is 13.1 Å². The molecule has 3 rings (SSSR count). The molecule has 8 heteroatoms. The second kappa shape index (κ2) is 6.78. The zero-order chi connectivity index (χ0) is 17.3. The van der Waals surface area contributed by atoms with Gasteiger partial charge in [0.25, 0.3) is 0 Å². The van der Waals surface area contributed by atoms with Crippen LogP contribution in [-0.2, 0) is 19.2 Å². The summed E-state index contributed by atoms with van der Waals surface area (Å²) in [5, 5.41) is 2.68. The van der Waals surface area contributed by atoms with Gasteiger partial charge in [-0.3, -0.25) is 19.2 Å². The third-order valence-corrected chi connectivity index (χ3v) is 5.23. The van der Waals surface area contributed by atoms with E-state index >= 15 is 0 Å². The summed E-state index contributed by atoms with van der Waals surface area (Å²) in [6.45, 7) is 1.02. The zero-order valence-corrected chi connectivity index (χ0v) is 13.7. The first-order valence-corrected chi connectivity index (χ1v) is 8.68. The first kappa shape index (κ1) is 16.7. The Balaban J connectivity index is 1.74. The molecule has 0 aliphatic carbocycles. The van der Waals surface area contributed by atoms with Gasteiger partial charge in [-0.25, -0.2) is 0 Å². The molecule has 0 aromatic carbocycles. The van der Waals surface area contributed by atoms with Crippen LogP contribution in [0.3, 0.4) is 0 Å². The van der Waals surface area contributed by atoms with Crippen molar-refractivity contribution >= 4 is 23.6 Å². The number of rotatable bonds is 3. The molecular weight excluding hydrogens is 312 g/mol. The van der Waals surface area contributed by atoms with Crippen LogP contribution in [0.1, 0.15) is 44.9 Å². The maximum atomic E-state index is 12.9. The summed E-state index contributed by atoms with van der Waals surface area (Å²) in [6, 6.07) is -1.65. The molecule has 132 valence electrons. The van der Waals surface area contributed by atoms with Crippen molar-refractivity contribution in [3.8, 4) is 0 Å². The van der Waals surface area contributed by atoms with Crippen LogP contribution in [0.5, 0.6) is 0 Å². The molecule has 3 saturated heterocycles. The van der Waals surface area contributed by atoms with Crippen LogP contribution in [0, 0.1) is 0 Å². The average Bonchev–Trinajstić information content (AvgIpc) is 3.22. The summed E-state index contributed by atoms with van der Waals surface area (Å²) in [4.78, 5) is 51.8. The van der Waals surface area contributed by atoms with Crippen molar-refractivity contribution in [1.29, 1.82) is 0 Å². The molecule has 3 heterocycles. The molecule has 24 heavy (non-hydrogen) atoms. The van der Waals surface area contributed by atoms with Gasteiger partial charge in [-0.05, 0) is 38.5 Å². The van der Waals surface area contributed by atoms with Gasteiger partial charge in [0.15, 0.2) is 0 Å². The van der Waals surface area contributed by atoms with Gasteiger partial charge in [0.05, 0.1) is 0 Å². The van der Waals surface area contributed by atoms with Gasteiger partial charge < -0.3 is 20.9 Å². The fourth-order valence-corrected chi connectivity index (χ4v) is 3.97. The lowest BCUT2D eigenvalue weighted by molar-refractivity contribution is -0.150. The number of likely N-dealkylation sites (tertiary alicyclic amines) is 2. The lowest BCUT2D eigenvalue weighted by atomic mass is 9.99. The van der Waals surface area contributed by atoms with Gasteiger partial charge in [-0.15, -0.1) is 0 Å². The van der Waals surface area contributed by atoms with E-state index in [2.05, 4.69) is 5.32 Å². The van der Waals surface area contributed by atoms with Crippen molar-refractivity contribution < 1.29 is 19.2 Å². The van der Waals surface area contributed by atoms with Gasteiger partial charge in [0.1, 0.15) is 18.1 Å². The van der Waals surface area contributed by atoms with E-state index in [1.807, 2.05) is 0 Å². The lowest BCUT2D eigenvalue weighted by Crippen LogP contribution is -2.58. The Morgan fingerprint density at radius 2 is 1.58 bits per heavy atom. The van der Waals surface area contributed by atoms with Crippen molar-refractivity contribution in [2.24, 2.45) is 5.73 Å².